The van der Waals surface area contributed by atoms with E-state index in [1.54, 1.807) is 0 Å². The number of hydrogen-bond acceptors (Lipinski definition) is 3. The van der Waals surface area contributed by atoms with E-state index in [4.69, 9.17) is 4.74 Å². The lowest BCUT2D eigenvalue weighted by atomic mass is 9.78. The van der Waals surface area contributed by atoms with Gasteiger partial charge in [-0.05, 0) is 51.5 Å². The summed E-state index contributed by atoms with van der Waals surface area (Å²) < 4.78 is 5.75. The van der Waals surface area contributed by atoms with Crippen LogP contribution in [-0.2, 0) is 9.53 Å². The Balaban J connectivity index is 1.91. The first-order valence-electron chi connectivity index (χ1n) is 7.19. The van der Waals surface area contributed by atoms with Gasteiger partial charge in [0.2, 0.25) is 0 Å². The zero-order chi connectivity index (χ0) is 12.1. The minimum absolute atomic E-state index is 0.0547. The van der Waals surface area contributed by atoms with E-state index in [1.807, 2.05) is 0 Å². The molecule has 0 aromatic heterocycles. The van der Waals surface area contributed by atoms with Crippen molar-refractivity contribution in [3.8, 4) is 0 Å². The molecule has 0 aromatic rings. The third kappa shape index (κ3) is 3.01. The van der Waals surface area contributed by atoms with E-state index >= 15 is 0 Å². The molecule has 0 bridgehead atoms. The average Bonchev–Trinajstić information content (AvgIpc) is 2.40. The lowest BCUT2D eigenvalue weighted by molar-refractivity contribution is -0.164. The second kappa shape index (κ2) is 5.85. The molecule has 98 valence electrons. The fourth-order valence-corrected chi connectivity index (χ4v) is 3.05. The summed E-state index contributed by atoms with van der Waals surface area (Å²) in [7, 11) is 0. The highest BCUT2D eigenvalue weighted by molar-refractivity contribution is 5.77. The normalized spacial score (nSPS) is 31.1. The van der Waals surface area contributed by atoms with Gasteiger partial charge in [0.25, 0.3) is 0 Å². The van der Waals surface area contributed by atoms with Crippen LogP contribution in [-0.4, -0.2) is 25.2 Å². The molecule has 17 heavy (non-hydrogen) atoms. The summed E-state index contributed by atoms with van der Waals surface area (Å²) in [5.41, 5.74) is -0.240. The molecule has 1 atom stereocenters. The quantitative estimate of drug-likeness (QED) is 0.769. The fourth-order valence-electron chi connectivity index (χ4n) is 3.05. The minimum Gasteiger partial charge on any atom is -0.462 e. The van der Waals surface area contributed by atoms with E-state index in [2.05, 4.69) is 12.2 Å². The van der Waals surface area contributed by atoms with Gasteiger partial charge < -0.3 is 10.1 Å². The third-order valence-corrected chi connectivity index (χ3v) is 4.41. The van der Waals surface area contributed by atoms with Gasteiger partial charge in [-0.25, -0.2) is 0 Å². The Kier molecular flexibility index (Phi) is 4.43. The number of hydrogen-bond donors (Lipinski definition) is 1. The molecule has 0 aromatic carbocycles. The fraction of sp³-hybridized carbons (Fsp3) is 0.929. The predicted molar refractivity (Wildman–Crippen MR) is 67.8 cm³/mol. The largest absolute Gasteiger partial charge is 0.462 e. The van der Waals surface area contributed by atoms with Crippen LogP contribution < -0.4 is 5.32 Å². The highest BCUT2D eigenvalue weighted by Crippen LogP contribution is 2.33. The van der Waals surface area contributed by atoms with Gasteiger partial charge in [-0.2, -0.15) is 0 Å². The van der Waals surface area contributed by atoms with Crippen LogP contribution in [0, 0.1) is 5.41 Å². The Morgan fingerprint density at radius 3 is 2.65 bits per heavy atom. The zero-order valence-electron chi connectivity index (χ0n) is 11.0. The zero-order valence-corrected chi connectivity index (χ0v) is 11.0. The van der Waals surface area contributed by atoms with E-state index in [0.29, 0.717) is 0 Å². The van der Waals surface area contributed by atoms with Crippen molar-refractivity contribution in [2.75, 3.05) is 13.1 Å². The van der Waals surface area contributed by atoms with E-state index in [0.717, 1.165) is 45.2 Å². The molecule has 2 rings (SSSR count). The van der Waals surface area contributed by atoms with Crippen molar-refractivity contribution in [2.45, 2.75) is 64.4 Å². The lowest BCUT2D eigenvalue weighted by Gasteiger charge is -2.36. The van der Waals surface area contributed by atoms with Crippen LogP contribution in [0.1, 0.15) is 58.3 Å². The maximum atomic E-state index is 12.4. The smallest absolute Gasteiger partial charge is 0.313 e. The van der Waals surface area contributed by atoms with E-state index in [-0.39, 0.29) is 17.5 Å². The van der Waals surface area contributed by atoms with Crippen molar-refractivity contribution < 1.29 is 9.53 Å². The number of piperidine rings is 1. The van der Waals surface area contributed by atoms with Gasteiger partial charge in [0.15, 0.2) is 0 Å². The molecule has 2 aliphatic rings. The predicted octanol–water partition coefficient (Wildman–Crippen LogP) is 2.64. The van der Waals surface area contributed by atoms with Gasteiger partial charge >= 0.3 is 5.97 Å². The Hall–Kier alpha value is -0.570. The number of carbonyl (C=O) groups excluding carboxylic acids is 1. The van der Waals surface area contributed by atoms with E-state index in [9.17, 15) is 4.79 Å². The highest BCUT2D eigenvalue weighted by atomic mass is 16.5. The molecular weight excluding hydrogens is 214 g/mol. The first-order chi connectivity index (χ1) is 8.27. The molecule has 0 spiro atoms. The summed E-state index contributed by atoms with van der Waals surface area (Å²) in [5.74, 6) is 0.0547. The summed E-state index contributed by atoms with van der Waals surface area (Å²) in [4.78, 5) is 12.4. The van der Waals surface area contributed by atoms with Crippen LogP contribution in [0.5, 0.6) is 0 Å². The SMILES string of the molecule is CCC1(C(=O)OC2CCCCC2)CCCNC1. The number of nitrogens with one attached hydrogen (secondary N) is 1. The molecule has 3 nitrogen and oxygen atoms in total. The summed E-state index contributed by atoms with van der Waals surface area (Å²) in [6.07, 6.45) is 9.04. The Bertz CT molecular complexity index is 253. The molecule has 1 saturated carbocycles. The maximum Gasteiger partial charge on any atom is 0.313 e. The number of rotatable bonds is 3. The molecule has 1 aliphatic heterocycles. The summed E-state index contributed by atoms with van der Waals surface area (Å²) in [6.45, 7) is 3.95. The molecule has 1 heterocycles. The van der Waals surface area contributed by atoms with Crippen LogP contribution in [0.4, 0.5) is 0 Å². The van der Waals surface area contributed by atoms with Crippen LogP contribution in [0.3, 0.4) is 0 Å². The van der Waals surface area contributed by atoms with Crippen LogP contribution in [0.25, 0.3) is 0 Å². The second-order valence-corrected chi connectivity index (χ2v) is 5.58. The average molecular weight is 239 g/mol. The lowest BCUT2D eigenvalue weighted by Crippen LogP contribution is -2.47. The first kappa shape index (κ1) is 12.9. The molecule has 0 radical (unpaired) electrons. The van der Waals surface area contributed by atoms with Crippen molar-refractivity contribution in [3.05, 3.63) is 0 Å². The van der Waals surface area contributed by atoms with Gasteiger partial charge in [-0.1, -0.05) is 13.3 Å². The second-order valence-electron chi connectivity index (χ2n) is 5.58. The Morgan fingerprint density at radius 2 is 2.06 bits per heavy atom. The van der Waals surface area contributed by atoms with Crippen molar-refractivity contribution in [2.24, 2.45) is 5.41 Å². The molecule has 2 fully saturated rings. The molecule has 1 saturated heterocycles. The summed E-state index contributed by atoms with van der Waals surface area (Å²) in [5, 5.41) is 3.34. The van der Waals surface area contributed by atoms with Crippen molar-refractivity contribution in [1.82, 2.24) is 5.32 Å². The minimum atomic E-state index is -0.240. The van der Waals surface area contributed by atoms with Crippen molar-refractivity contribution in [3.63, 3.8) is 0 Å². The van der Waals surface area contributed by atoms with E-state index < -0.39 is 0 Å². The molecule has 0 amide bonds. The number of esters is 1. The monoisotopic (exact) mass is 239 g/mol. The van der Waals surface area contributed by atoms with Gasteiger partial charge in [-0.15, -0.1) is 0 Å². The number of ether oxygens (including phenoxy) is 1. The molecule has 1 N–H and O–H groups in total. The molecule has 3 heteroatoms. The maximum absolute atomic E-state index is 12.4. The van der Waals surface area contributed by atoms with Gasteiger partial charge in [-0.3, -0.25) is 4.79 Å². The first-order valence-corrected chi connectivity index (χ1v) is 7.19. The van der Waals surface area contributed by atoms with Crippen LogP contribution in [0.2, 0.25) is 0 Å². The van der Waals surface area contributed by atoms with Crippen LogP contribution >= 0.6 is 0 Å². The Labute approximate surface area is 104 Å². The molecule has 1 unspecified atom stereocenters. The standard InChI is InChI=1S/C14H25NO2/c1-2-14(9-6-10-15-11-14)13(16)17-12-7-4-3-5-8-12/h12,15H,2-11H2,1H3. The number of carbonyl (C=O) groups is 1. The highest BCUT2D eigenvalue weighted by Gasteiger charge is 2.40. The summed E-state index contributed by atoms with van der Waals surface area (Å²) in [6, 6.07) is 0. The van der Waals surface area contributed by atoms with E-state index in [1.165, 1.54) is 19.3 Å². The third-order valence-electron chi connectivity index (χ3n) is 4.41. The Morgan fingerprint density at radius 1 is 1.29 bits per heavy atom. The van der Waals surface area contributed by atoms with Crippen molar-refractivity contribution >= 4 is 5.97 Å². The van der Waals surface area contributed by atoms with Crippen molar-refractivity contribution in [1.29, 1.82) is 0 Å². The summed E-state index contributed by atoms with van der Waals surface area (Å²) >= 11 is 0. The van der Waals surface area contributed by atoms with Gasteiger partial charge in [0.1, 0.15) is 6.10 Å². The van der Waals surface area contributed by atoms with Crippen LogP contribution in [0.15, 0.2) is 0 Å². The van der Waals surface area contributed by atoms with Gasteiger partial charge in [0, 0.05) is 6.54 Å². The van der Waals surface area contributed by atoms with Gasteiger partial charge in [0.05, 0.1) is 5.41 Å². The topological polar surface area (TPSA) is 38.3 Å². The molecule has 1 aliphatic carbocycles. The molecular formula is C14H25NO2.